The van der Waals surface area contributed by atoms with Crippen LogP contribution in [0.25, 0.3) is 5.57 Å². The van der Waals surface area contributed by atoms with Gasteiger partial charge in [-0.15, -0.1) is 13.2 Å². The molecule has 0 saturated heterocycles. The van der Waals surface area contributed by atoms with Crippen molar-refractivity contribution in [3.63, 3.8) is 0 Å². The number of aromatic amines is 1. The first kappa shape index (κ1) is 17.2. The highest BCUT2D eigenvalue weighted by Gasteiger charge is 2.32. The van der Waals surface area contributed by atoms with E-state index in [1.165, 1.54) is 24.3 Å². The third-order valence-electron chi connectivity index (χ3n) is 4.24. The van der Waals surface area contributed by atoms with Gasteiger partial charge in [-0.2, -0.15) is 5.10 Å². The lowest BCUT2D eigenvalue weighted by Crippen LogP contribution is -2.27. The lowest BCUT2D eigenvalue weighted by Gasteiger charge is -2.32. The summed E-state index contributed by atoms with van der Waals surface area (Å²) in [5.41, 5.74) is 3.63. The van der Waals surface area contributed by atoms with E-state index in [9.17, 15) is 18.3 Å². The van der Waals surface area contributed by atoms with Gasteiger partial charge in [-0.05, 0) is 30.3 Å². The Morgan fingerprint density at radius 3 is 2.56 bits per heavy atom. The highest BCUT2D eigenvalue weighted by molar-refractivity contribution is 5.84. The minimum Gasteiger partial charge on any atom is -0.406 e. The molecule has 0 bridgehead atoms. The van der Waals surface area contributed by atoms with E-state index in [-0.39, 0.29) is 5.75 Å². The maximum absolute atomic E-state index is 12.3. The van der Waals surface area contributed by atoms with Crippen LogP contribution in [0.3, 0.4) is 0 Å². The molecular formula is C18H15F3N4O2. The fraction of sp³-hybridized carbons (Fsp3) is 0.167. The molecule has 0 amide bonds. The average molecular weight is 376 g/mol. The molecule has 1 aromatic carbocycles. The zero-order chi connectivity index (χ0) is 19.2. The summed E-state index contributed by atoms with van der Waals surface area (Å²) >= 11 is 0. The van der Waals surface area contributed by atoms with Crippen LogP contribution >= 0.6 is 0 Å². The van der Waals surface area contributed by atoms with Crippen molar-refractivity contribution >= 4 is 11.3 Å². The van der Waals surface area contributed by atoms with Crippen LogP contribution in [-0.2, 0) is 7.05 Å². The first-order valence-electron chi connectivity index (χ1n) is 8.02. The lowest BCUT2D eigenvalue weighted by atomic mass is 9.97. The van der Waals surface area contributed by atoms with Gasteiger partial charge in [0.1, 0.15) is 5.75 Å². The number of anilines is 1. The predicted octanol–water partition coefficient (Wildman–Crippen LogP) is 3.55. The first-order chi connectivity index (χ1) is 12.8. The number of nitrogens with one attached hydrogen (secondary N) is 1. The van der Waals surface area contributed by atoms with Gasteiger partial charge >= 0.3 is 6.36 Å². The number of hydrogen-bond donors (Lipinski definition) is 2. The largest absolute Gasteiger partial charge is 0.573 e. The van der Waals surface area contributed by atoms with Gasteiger partial charge in [0.25, 0.3) is 0 Å². The second-order valence-electron chi connectivity index (χ2n) is 6.07. The zero-order valence-corrected chi connectivity index (χ0v) is 14.1. The van der Waals surface area contributed by atoms with E-state index in [2.05, 4.69) is 14.8 Å². The van der Waals surface area contributed by atoms with Crippen molar-refractivity contribution in [3.8, 4) is 5.75 Å². The van der Waals surface area contributed by atoms with Crippen LogP contribution in [0.1, 0.15) is 23.0 Å². The number of rotatable bonds is 3. The van der Waals surface area contributed by atoms with Gasteiger partial charge in [-0.3, -0.25) is 4.68 Å². The molecule has 0 spiro atoms. The third-order valence-corrected chi connectivity index (χ3v) is 4.24. The van der Waals surface area contributed by atoms with E-state index in [0.29, 0.717) is 11.4 Å². The van der Waals surface area contributed by atoms with Gasteiger partial charge < -0.3 is 19.7 Å². The molecular weight excluding hydrogens is 361 g/mol. The second kappa shape index (κ2) is 6.20. The summed E-state index contributed by atoms with van der Waals surface area (Å²) in [6.45, 7) is 0. The summed E-state index contributed by atoms with van der Waals surface area (Å²) in [6, 6.07) is 7.18. The number of nitrogens with zero attached hydrogens (tertiary/aromatic N) is 3. The van der Waals surface area contributed by atoms with Crippen LogP contribution in [0.15, 0.2) is 55.1 Å². The Hall–Kier alpha value is -3.20. The Kier molecular flexibility index (Phi) is 3.96. The Balaban J connectivity index is 1.72. The molecule has 3 heterocycles. The maximum atomic E-state index is 12.3. The summed E-state index contributed by atoms with van der Waals surface area (Å²) in [5.74, 6) is -0.324. The summed E-state index contributed by atoms with van der Waals surface area (Å²) in [7, 11) is 1.80. The second-order valence-corrected chi connectivity index (χ2v) is 6.07. The van der Waals surface area contributed by atoms with E-state index >= 15 is 0 Å². The molecule has 2 aromatic heterocycles. The van der Waals surface area contributed by atoms with Crippen LogP contribution in [0, 0.1) is 0 Å². The fourth-order valence-corrected chi connectivity index (χ4v) is 3.08. The van der Waals surface area contributed by atoms with Crippen LogP contribution < -0.4 is 9.64 Å². The molecule has 3 aromatic rings. The maximum Gasteiger partial charge on any atom is 0.573 e. The van der Waals surface area contributed by atoms with E-state index in [1.54, 1.807) is 35.2 Å². The van der Waals surface area contributed by atoms with Crippen molar-refractivity contribution in [1.82, 2.24) is 14.8 Å². The van der Waals surface area contributed by atoms with Crippen molar-refractivity contribution in [3.05, 3.63) is 71.9 Å². The number of aliphatic hydroxyl groups is 1. The molecule has 0 saturated carbocycles. The number of aromatic nitrogens is 3. The van der Waals surface area contributed by atoms with E-state index in [4.69, 9.17) is 0 Å². The Bertz CT molecular complexity index is 989. The van der Waals surface area contributed by atoms with E-state index in [1.807, 2.05) is 12.3 Å². The first-order valence-corrected chi connectivity index (χ1v) is 8.02. The van der Waals surface area contributed by atoms with Gasteiger partial charge in [0, 0.05) is 48.0 Å². The Labute approximate surface area is 152 Å². The quantitative estimate of drug-likeness (QED) is 0.734. The molecule has 1 atom stereocenters. The molecule has 140 valence electrons. The van der Waals surface area contributed by atoms with E-state index < -0.39 is 12.6 Å². The van der Waals surface area contributed by atoms with Gasteiger partial charge in [-0.1, -0.05) is 0 Å². The van der Waals surface area contributed by atoms with Gasteiger partial charge in [0.15, 0.2) is 6.23 Å². The van der Waals surface area contributed by atoms with Crippen molar-refractivity contribution in [2.75, 3.05) is 4.90 Å². The van der Waals surface area contributed by atoms with Crippen molar-refractivity contribution < 1.29 is 23.0 Å². The van der Waals surface area contributed by atoms with Gasteiger partial charge in [-0.25, -0.2) is 0 Å². The molecule has 1 aliphatic rings. The van der Waals surface area contributed by atoms with Gasteiger partial charge in [0.2, 0.25) is 0 Å². The number of aliphatic hydroxyl groups excluding tert-OH is 1. The molecule has 6 nitrogen and oxygen atoms in total. The molecule has 9 heteroatoms. The lowest BCUT2D eigenvalue weighted by molar-refractivity contribution is -0.274. The Morgan fingerprint density at radius 2 is 1.93 bits per heavy atom. The summed E-state index contributed by atoms with van der Waals surface area (Å²) < 4.78 is 42.6. The number of alkyl halides is 3. The number of fused-ring (bicyclic) bond motifs is 1. The van der Waals surface area contributed by atoms with Crippen molar-refractivity contribution in [1.29, 1.82) is 0 Å². The molecule has 4 rings (SSSR count). The van der Waals surface area contributed by atoms with E-state index in [0.717, 1.165) is 16.7 Å². The van der Waals surface area contributed by atoms with Crippen LogP contribution in [0.4, 0.5) is 18.9 Å². The Morgan fingerprint density at radius 1 is 1.19 bits per heavy atom. The molecule has 0 fully saturated rings. The summed E-state index contributed by atoms with van der Waals surface area (Å²) in [4.78, 5) is 4.59. The smallest absolute Gasteiger partial charge is 0.406 e. The number of H-pyrrole nitrogens is 1. The minimum atomic E-state index is -4.75. The SMILES string of the molecule is Cn1cc(C2=CN(c3ccc(OC(F)(F)F)cc3)C(O)c3[nH]ccc32)cn1. The fourth-order valence-electron chi connectivity index (χ4n) is 3.08. The molecule has 0 aliphatic carbocycles. The predicted molar refractivity (Wildman–Crippen MR) is 91.6 cm³/mol. The standard InChI is InChI=1S/C18H15F3N4O2/c1-24-9-11(8-23-24)15-10-25(17(26)16-14(15)6-7-22-16)12-2-4-13(5-3-12)27-18(19,20)21/h2-10,17,22,26H,1H3. The zero-order valence-electron chi connectivity index (χ0n) is 14.1. The normalized spacial score (nSPS) is 16.9. The highest BCUT2D eigenvalue weighted by atomic mass is 19.4. The highest BCUT2D eigenvalue weighted by Crippen LogP contribution is 2.39. The number of aryl methyl sites for hydroxylation is 1. The monoisotopic (exact) mass is 376 g/mol. The van der Waals surface area contributed by atoms with Crippen LogP contribution in [0.2, 0.25) is 0 Å². The molecule has 1 unspecified atom stereocenters. The number of benzene rings is 1. The summed E-state index contributed by atoms with van der Waals surface area (Å²) in [5, 5.41) is 14.9. The van der Waals surface area contributed by atoms with Crippen LogP contribution in [-0.4, -0.2) is 26.2 Å². The number of ether oxygens (including phenoxy) is 1. The molecule has 1 aliphatic heterocycles. The minimum absolute atomic E-state index is 0.324. The topological polar surface area (TPSA) is 66.3 Å². The molecule has 2 N–H and O–H groups in total. The van der Waals surface area contributed by atoms with Gasteiger partial charge in [0.05, 0.1) is 11.9 Å². The number of hydrogen-bond acceptors (Lipinski definition) is 4. The van der Waals surface area contributed by atoms with Crippen molar-refractivity contribution in [2.24, 2.45) is 7.05 Å². The summed E-state index contributed by atoms with van der Waals surface area (Å²) in [6.07, 6.45) is 1.26. The molecule has 0 radical (unpaired) electrons. The number of halogens is 3. The van der Waals surface area contributed by atoms with Crippen LogP contribution in [0.5, 0.6) is 5.75 Å². The van der Waals surface area contributed by atoms with Crippen molar-refractivity contribution in [2.45, 2.75) is 12.6 Å². The average Bonchev–Trinajstić information content (AvgIpc) is 3.24. The molecule has 27 heavy (non-hydrogen) atoms. The third kappa shape index (κ3) is 3.28.